The van der Waals surface area contributed by atoms with E-state index in [1.54, 1.807) is 6.20 Å². The number of likely N-dealkylation sites (tertiary alicyclic amines) is 1. The summed E-state index contributed by atoms with van der Waals surface area (Å²) in [5.41, 5.74) is 0.842. The predicted octanol–water partition coefficient (Wildman–Crippen LogP) is 2.36. The van der Waals surface area contributed by atoms with Crippen molar-refractivity contribution in [3.8, 4) is 0 Å². The van der Waals surface area contributed by atoms with Gasteiger partial charge in [0.05, 0.1) is 12.2 Å². The molecule has 23 heavy (non-hydrogen) atoms. The van der Waals surface area contributed by atoms with Gasteiger partial charge in [-0.3, -0.25) is 0 Å². The number of hydrogen-bond donors (Lipinski definition) is 2. The van der Waals surface area contributed by atoms with Crippen molar-refractivity contribution in [2.75, 3.05) is 13.1 Å². The van der Waals surface area contributed by atoms with Gasteiger partial charge in [-0.1, -0.05) is 6.92 Å². The fourth-order valence-corrected chi connectivity index (χ4v) is 2.96. The molecule has 1 unspecified atom stereocenters. The van der Waals surface area contributed by atoms with E-state index < -0.39 is 0 Å². The van der Waals surface area contributed by atoms with E-state index in [4.69, 9.17) is 4.42 Å². The summed E-state index contributed by atoms with van der Waals surface area (Å²) in [4.78, 5) is 26.0. The van der Waals surface area contributed by atoms with Gasteiger partial charge in [0.1, 0.15) is 11.6 Å². The Morgan fingerprint density at radius 3 is 3.13 bits per heavy atom. The van der Waals surface area contributed by atoms with E-state index in [0.717, 1.165) is 43.1 Å². The zero-order chi connectivity index (χ0) is 16.2. The molecule has 7 nitrogen and oxygen atoms in total. The smallest absolute Gasteiger partial charge is 0.317 e. The van der Waals surface area contributed by atoms with Crippen molar-refractivity contribution in [2.45, 2.75) is 45.6 Å². The summed E-state index contributed by atoms with van der Waals surface area (Å²) in [6, 6.07) is -0.0601. The minimum atomic E-state index is -0.0601. The third kappa shape index (κ3) is 3.55. The van der Waals surface area contributed by atoms with E-state index in [-0.39, 0.29) is 11.9 Å². The van der Waals surface area contributed by atoms with Crippen LogP contribution in [0.5, 0.6) is 0 Å². The minimum absolute atomic E-state index is 0.0601. The summed E-state index contributed by atoms with van der Waals surface area (Å²) in [7, 11) is 0. The minimum Gasteiger partial charge on any atom is -0.444 e. The topological polar surface area (TPSA) is 87.0 Å². The highest BCUT2D eigenvalue weighted by Crippen LogP contribution is 2.24. The predicted molar refractivity (Wildman–Crippen MR) is 85.0 cm³/mol. The van der Waals surface area contributed by atoms with Crippen molar-refractivity contribution < 1.29 is 9.21 Å². The van der Waals surface area contributed by atoms with Crippen LogP contribution in [-0.2, 0) is 13.0 Å². The number of aromatic nitrogens is 3. The second-order valence-electron chi connectivity index (χ2n) is 5.89. The van der Waals surface area contributed by atoms with E-state index in [0.29, 0.717) is 19.0 Å². The number of rotatable bonds is 4. The molecular weight excluding hydrogens is 294 g/mol. The van der Waals surface area contributed by atoms with Crippen LogP contribution in [0.1, 0.15) is 48.9 Å². The largest absolute Gasteiger partial charge is 0.444 e. The lowest BCUT2D eigenvalue weighted by Crippen LogP contribution is -2.44. The van der Waals surface area contributed by atoms with E-state index in [2.05, 4.69) is 20.3 Å². The molecule has 3 heterocycles. The molecule has 3 rings (SSSR count). The van der Waals surface area contributed by atoms with Crippen LogP contribution in [0.15, 0.2) is 16.8 Å². The van der Waals surface area contributed by atoms with Crippen molar-refractivity contribution in [3.63, 3.8) is 0 Å². The molecule has 2 aromatic rings. The van der Waals surface area contributed by atoms with Crippen LogP contribution in [0.3, 0.4) is 0 Å². The molecule has 1 aliphatic heterocycles. The molecule has 0 aliphatic carbocycles. The molecule has 1 fully saturated rings. The Kier molecular flexibility index (Phi) is 4.64. The molecule has 7 heteroatoms. The van der Waals surface area contributed by atoms with Crippen LogP contribution in [0.2, 0.25) is 0 Å². The first-order chi connectivity index (χ1) is 11.2. The van der Waals surface area contributed by atoms with Crippen LogP contribution in [0.4, 0.5) is 4.79 Å². The number of aromatic amines is 1. The number of piperidine rings is 1. The maximum Gasteiger partial charge on any atom is 0.317 e. The van der Waals surface area contributed by atoms with Gasteiger partial charge in [0.15, 0.2) is 5.89 Å². The van der Waals surface area contributed by atoms with E-state index in [1.165, 1.54) is 0 Å². The molecule has 0 radical (unpaired) electrons. The lowest BCUT2D eigenvalue weighted by molar-refractivity contribution is 0.177. The number of hydrogen-bond acceptors (Lipinski definition) is 4. The number of oxazole rings is 1. The first-order valence-corrected chi connectivity index (χ1v) is 8.14. The van der Waals surface area contributed by atoms with Crippen molar-refractivity contribution in [2.24, 2.45) is 0 Å². The first kappa shape index (κ1) is 15.6. The number of aryl methyl sites for hydroxylation is 2. The fraction of sp³-hybridized carbons (Fsp3) is 0.562. The van der Waals surface area contributed by atoms with Crippen molar-refractivity contribution in [1.29, 1.82) is 0 Å². The molecule has 1 aliphatic rings. The average molecular weight is 317 g/mol. The molecule has 1 atom stereocenters. The monoisotopic (exact) mass is 317 g/mol. The van der Waals surface area contributed by atoms with E-state index in [9.17, 15) is 4.79 Å². The quantitative estimate of drug-likeness (QED) is 0.906. The van der Waals surface area contributed by atoms with Gasteiger partial charge in [0.25, 0.3) is 0 Å². The van der Waals surface area contributed by atoms with Gasteiger partial charge in [0, 0.05) is 37.8 Å². The Morgan fingerprint density at radius 1 is 1.57 bits per heavy atom. The number of carbonyl (C=O) groups excluding carboxylic acids is 1. The normalized spacial score (nSPS) is 18.2. The molecule has 2 N–H and O–H groups in total. The lowest BCUT2D eigenvalue weighted by atomic mass is 9.98. The Labute approximate surface area is 135 Å². The summed E-state index contributed by atoms with van der Waals surface area (Å²) in [6.45, 7) is 5.74. The number of carbonyl (C=O) groups is 1. The number of H-pyrrole nitrogens is 1. The van der Waals surface area contributed by atoms with E-state index in [1.807, 2.05) is 24.9 Å². The lowest BCUT2D eigenvalue weighted by Gasteiger charge is -2.31. The maximum atomic E-state index is 12.4. The van der Waals surface area contributed by atoms with Crippen LogP contribution >= 0.6 is 0 Å². The second kappa shape index (κ2) is 6.85. The Balaban J connectivity index is 1.56. The van der Waals surface area contributed by atoms with Gasteiger partial charge in [0.2, 0.25) is 0 Å². The SMILES string of the molecule is CCc1nc(C)c(CNC(=O)N2CCCC(c3ncc[nH]3)C2)o1. The molecule has 0 saturated carbocycles. The Hall–Kier alpha value is -2.31. The summed E-state index contributed by atoms with van der Waals surface area (Å²) in [6.07, 6.45) is 6.38. The van der Waals surface area contributed by atoms with Crippen LogP contribution < -0.4 is 5.32 Å². The van der Waals surface area contributed by atoms with Gasteiger partial charge in [-0.2, -0.15) is 0 Å². The van der Waals surface area contributed by atoms with Crippen LogP contribution in [0.25, 0.3) is 0 Å². The molecule has 124 valence electrons. The summed E-state index contributed by atoms with van der Waals surface area (Å²) in [5, 5.41) is 2.94. The maximum absolute atomic E-state index is 12.4. The van der Waals surface area contributed by atoms with Crippen LogP contribution in [-0.4, -0.2) is 39.0 Å². The van der Waals surface area contributed by atoms with Gasteiger partial charge in [-0.25, -0.2) is 14.8 Å². The second-order valence-corrected chi connectivity index (χ2v) is 5.89. The average Bonchev–Trinajstić information content (AvgIpc) is 3.22. The number of amides is 2. The number of imidazole rings is 1. The van der Waals surface area contributed by atoms with Gasteiger partial charge in [-0.15, -0.1) is 0 Å². The molecule has 2 aromatic heterocycles. The molecule has 2 amide bonds. The zero-order valence-electron chi connectivity index (χ0n) is 13.6. The summed E-state index contributed by atoms with van der Waals surface area (Å²) in [5.74, 6) is 2.68. The number of nitrogens with one attached hydrogen (secondary N) is 2. The number of urea groups is 1. The number of nitrogens with zero attached hydrogens (tertiary/aromatic N) is 3. The standard InChI is InChI=1S/C16H23N5O2/c1-3-14-20-11(2)13(23-14)9-19-16(22)21-8-4-5-12(10-21)15-17-6-7-18-15/h6-7,12H,3-5,8-10H2,1-2H3,(H,17,18)(H,19,22). The Morgan fingerprint density at radius 2 is 2.43 bits per heavy atom. The first-order valence-electron chi connectivity index (χ1n) is 8.14. The molecule has 1 saturated heterocycles. The van der Waals surface area contributed by atoms with E-state index >= 15 is 0 Å². The summed E-state index contributed by atoms with van der Waals surface area (Å²) < 4.78 is 5.62. The van der Waals surface area contributed by atoms with Gasteiger partial charge < -0.3 is 19.6 Å². The zero-order valence-corrected chi connectivity index (χ0v) is 13.6. The van der Waals surface area contributed by atoms with Gasteiger partial charge >= 0.3 is 6.03 Å². The molecule has 0 spiro atoms. The molecular formula is C16H23N5O2. The summed E-state index contributed by atoms with van der Waals surface area (Å²) >= 11 is 0. The van der Waals surface area contributed by atoms with Crippen molar-refractivity contribution in [3.05, 3.63) is 35.6 Å². The third-order valence-corrected chi connectivity index (χ3v) is 4.25. The highest BCUT2D eigenvalue weighted by molar-refractivity contribution is 5.74. The molecule has 0 bridgehead atoms. The highest BCUT2D eigenvalue weighted by Gasteiger charge is 2.26. The van der Waals surface area contributed by atoms with Gasteiger partial charge in [-0.05, 0) is 19.8 Å². The van der Waals surface area contributed by atoms with Crippen molar-refractivity contribution in [1.82, 2.24) is 25.2 Å². The fourth-order valence-electron chi connectivity index (χ4n) is 2.96. The third-order valence-electron chi connectivity index (χ3n) is 4.25. The Bertz CT molecular complexity index is 649. The molecule has 0 aromatic carbocycles. The highest BCUT2D eigenvalue weighted by atomic mass is 16.4. The van der Waals surface area contributed by atoms with Crippen LogP contribution in [0, 0.1) is 6.92 Å². The van der Waals surface area contributed by atoms with Crippen molar-refractivity contribution >= 4 is 6.03 Å².